The highest BCUT2D eigenvalue weighted by atomic mass is 32.1. The molecule has 0 amide bonds. The van der Waals surface area contributed by atoms with Gasteiger partial charge >= 0.3 is 0 Å². The molecule has 0 saturated heterocycles. The third kappa shape index (κ3) is 4.91. The third-order valence-electron chi connectivity index (χ3n) is 2.36. The fourth-order valence-corrected chi connectivity index (χ4v) is 3.21. The first kappa shape index (κ1) is 17.3. The Morgan fingerprint density at radius 3 is 2.76 bits per heavy atom. The zero-order chi connectivity index (χ0) is 15.8. The molecule has 2 aromatic rings. The third-order valence-corrected chi connectivity index (χ3v) is 4.44. The summed E-state index contributed by atoms with van der Waals surface area (Å²) < 4.78 is 0. The largest absolute Gasteiger partial charge is 0.314 e. The van der Waals surface area contributed by atoms with Crippen LogP contribution in [0.3, 0.4) is 0 Å². The molecule has 0 spiro atoms. The maximum absolute atomic E-state index is 12.1. The molecule has 0 bridgehead atoms. The normalized spacial score (nSPS) is 9.67. The van der Waals surface area contributed by atoms with Crippen molar-refractivity contribution >= 4 is 28.5 Å². The number of aryl methyl sites for hydroxylation is 1. The van der Waals surface area contributed by atoms with Crippen LogP contribution >= 0.6 is 22.7 Å². The summed E-state index contributed by atoms with van der Waals surface area (Å²) in [7, 11) is 0. The quantitative estimate of drug-likeness (QED) is 0.460. The van der Waals surface area contributed by atoms with Gasteiger partial charge in [0, 0.05) is 11.3 Å². The van der Waals surface area contributed by atoms with E-state index in [1.54, 1.807) is 13.0 Å². The molecular formula is C13H16N2O4S2. The van der Waals surface area contributed by atoms with Gasteiger partial charge in [-0.05, 0) is 18.4 Å². The van der Waals surface area contributed by atoms with Crippen LogP contribution in [0.25, 0.3) is 0 Å². The van der Waals surface area contributed by atoms with Gasteiger partial charge in [0.15, 0.2) is 5.01 Å². The van der Waals surface area contributed by atoms with Gasteiger partial charge in [-0.2, -0.15) is 0 Å². The van der Waals surface area contributed by atoms with Gasteiger partial charge in [0.1, 0.15) is 6.61 Å². The average Bonchev–Trinajstić information content (AvgIpc) is 3.10. The lowest BCUT2D eigenvalue weighted by Gasteiger charge is -1.96. The predicted molar refractivity (Wildman–Crippen MR) is 82.6 cm³/mol. The lowest BCUT2D eigenvalue weighted by Crippen LogP contribution is -2.04. The van der Waals surface area contributed by atoms with Crippen LogP contribution in [0.5, 0.6) is 0 Å². The van der Waals surface area contributed by atoms with Gasteiger partial charge in [-0.3, -0.25) is 4.79 Å². The molecule has 0 aliphatic heterocycles. The molecule has 0 saturated carbocycles. The van der Waals surface area contributed by atoms with Crippen molar-refractivity contribution in [2.24, 2.45) is 0 Å². The molecule has 2 aromatic heterocycles. The van der Waals surface area contributed by atoms with Crippen molar-refractivity contribution in [1.29, 1.82) is 0 Å². The van der Waals surface area contributed by atoms with E-state index in [4.69, 9.17) is 0 Å². The van der Waals surface area contributed by atoms with E-state index in [2.05, 4.69) is 9.82 Å². The van der Waals surface area contributed by atoms with Crippen LogP contribution in [0.4, 0.5) is 0 Å². The van der Waals surface area contributed by atoms with Crippen molar-refractivity contribution in [1.82, 2.24) is 4.98 Å². The number of rotatable bonds is 6. The second-order valence-electron chi connectivity index (χ2n) is 3.64. The van der Waals surface area contributed by atoms with Crippen LogP contribution in [0.1, 0.15) is 39.1 Å². The monoisotopic (exact) mass is 328 g/mol. The maximum atomic E-state index is 12.1. The number of carbonyl (C=O) groups excluding carboxylic acids is 1. The summed E-state index contributed by atoms with van der Waals surface area (Å²) in [6.07, 6.45) is 0.377. The van der Waals surface area contributed by atoms with E-state index < -0.39 is 5.09 Å². The first-order valence-corrected chi connectivity index (χ1v) is 8.09. The highest BCUT2D eigenvalue weighted by Crippen LogP contribution is 2.23. The molecule has 0 unspecified atom stereocenters. The van der Waals surface area contributed by atoms with Crippen LogP contribution in [-0.2, 0) is 11.3 Å². The van der Waals surface area contributed by atoms with Gasteiger partial charge in [0.25, 0.3) is 5.09 Å². The van der Waals surface area contributed by atoms with Gasteiger partial charge in [-0.15, -0.1) is 32.8 Å². The van der Waals surface area contributed by atoms with Crippen molar-refractivity contribution in [3.63, 3.8) is 0 Å². The molecule has 8 heteroatoms. The van der Waals surface area contributed by atoms with E-state index in [1.807, 2.05) is 25.3 Å². The molecule has 0 aliphatic carbocycles. The molecule has 0 atom stereocenters. The van der Waals surface area contributed by atoms with Crippen LogP contribution < -0.4 is 0 Å². The smallest absolute Gasteiger partial charge is 0.294 e. The summed E-state index contributed by atoms with van der Waals surface area (Å²) in [5, 5.41) is 11.5. The number of ketones is 1. The number of thiophene rings is 1. The standard InChI is InChI=1S/C11H10N2O4S2.C2H6/c1-7-8(4-5-17-13(15)16)19-11(12-7)10(14)9-3-2-6-18-9;1-2/h2-3,6H,4-5H2,1H3;1-2H3. The number of aromatic nitrogens is 1. The zero-order valence-corrected chi connectivity index (χ0v) is 13.6. The highest BCUT2D eigenvalue weighted by Gasteiger charge is 2.17. The summed E-state index contributed by atoms with van der Waals surface area (Å²) in [5.74, 6) is -0.107. The summed E-state index contributed by atoms with van der Waals surface area (Å²) in [5.41, 5.74) is 0.719. The van der Waals surface area contributed by atoms with Crippen molar-refractivity contribution in [2.75, 3.05) is 6.61 Å². The summed E-state index contributed by atoms with van der Waals surface area (Å²) in [6.45, 7) is 5.76. The molecule has 2 rings (SSSR count). The topological polar surface area (TPSA) is 82.3 Å². The summed E-state index contributed by atoms with van der Waals surface area (Å²) in [6, 6.07) is 3.56. The molecule has 114 valence electrons. The van der Waals surface area contributed by atoms with Crippen LogP contribution in [0.2, 0.25) is 0 Å². The summed E-state index contributed by atoms with van der Waals surface area (Å²) in [4.78, 5) is 32.1. The molecule has 0 aliphatic rings. The van der Waals surface area contributed by atoms with Crippen LogP contribution in [0, 0.1) is 17.0 Å². The number of thiazole rings is 1. The SMILES string of the molecule is CC.Cc1nc(C(=O)c2cccs2)sc1CCO[N+](=O)[O-]. The fraction of sp³-hybridized carbons (Fsp3) is 0.385. The Hall–Kier alpha value is -1.80. The van der Waals surface area contributed by atoms with Crippen molar-refractivity contribution < 1.29 is 14.7 Å². The Morgan fingerprint density at radius 2 is 2.19 bits per heavy atom. The lowest BCUT2D eigenvalue weighted by molar-refractivity contribution is -0.757. The lowest BCUT2D eigenvalue weighted by atomic mass is 10.3. The minimum Gasteiger partial charge on any atom is -0.314 e. The van der Waals surface area contributed by atoms with Crippen molar-refractivity contribution in [2.45, 2.75) is 27.2 Å². The average molecular weight is 328 g/mol. The maximum Gasteiger partial charge on any atom is 0.294 e. The molecule has 0 N–H and O–H groups in total. The van der Waals surface area contributed by atoms with Gasteiger partial charge < -0.3 is 4.84 Å². The van der Waals surface area contributed by atoms with E-state index in [-0.39, 0.29) is 12.4 Å². The van der Waals surface area contributed by atoms with E-state index >= 15 is 0 Å². The van der Waals surface area contributed by atoms with Gasteiger partial charge in [-0.1, -0.05) is 19.9 Å². The van der Waals surface area contributed by atoms with Gasteiger partial charge in [0.05, 0.1) is 10.6 Å². The van der Waals surface area contributed by atoms with E-state index in [0.29, 0.717) is 16.3 Å². The molecule has 0 aromatic carbocycles. The Bertz CT molecular complexity index is 593. The summed E-state index contributed by atoms with van der Waals surface area (Å²) >= 11 is 2.63. The highest BCUT2D eigenvalue weighted by molar-refractivity contribution is 7.16. The minimum absolute atomic E-state index is 0.0251. The zero-order valence-electron chi connectivity index (χ0n) is 12.0. The van der Waals surface area contributed by atoms with E-state index in [9.17, 15) is 14.9 Å². The fourth-order valence-electron chi connectivity index (χ4n) is 1.48. The Morgan fingerprint density at radius 1 is 1.48 bits per heavy atom. The molecule has 2 heterocycles. The number of carbonyl (C=O) groups is 1. The molecular weight excluding hydrogens is 312 g/mol. The van der Waals surface area contributed by atoms with Gasteiger partial charge in [0.2, 0.25) is 5.78 Å². The van der Waals surface area contributed by atoms with Crippen LogP contribution in [-0.4, -0.2) is 22.5 Å². The van der Waals surface area contributed by atoms with Crippen molar-refractivity contribution in [3.8, 4) is 0 Å². The number of nitrogens with zero attached hydrogens (tertiary/aromatic N) is 2. The van der Waals surface area contributed by atoms with Gasteiger partial charge in [-0.25, -0.2) is 4.98 Å². The van der Waals surface area contributed by atoms with E-state index in [1.165, 1.54) is 22.7 Å². The first-order chi connectivity index (χ1) is 10.1. The molecule has 0 radical (unpaired) electrons. The Kier molecular flexibility index (Phi) is 6.97. The van der Waals surface area contributed by atoms with Crippen LogP contribution in [0.15, 0.2) is 17.5 Å². The Balaban J connectivity index is 0.00000106. The van der Waals surface area contributed by atoms with Crippen molar-refractivity contribution in [3.05, 3.63) is 48.1 Å². The number of hydrogen-bond donors (Lipinski definition) is 0. The Labute approximate surface area is 130 Å². The second-order valence-corrected chi connectivity index (χ2v) is 5.67. The molecule has 0 fully saturated rings. The second kappa shape index (κ2) is 8.48. The molecule has 21 heavy (non-hydrogen) atoms. The first-order valence-electron chi connectivity index (χ1n) is 6.39. The number of hydrogen-bond acceptors (Lipinski definition) is 7. The van der Waals surface area contributed by atoms with E-state index in [0.717, 1.165) is 10.6 Å². The predicted octanol–water partition coefficient (Wildman–Crippen LogP) is 3.52. The minimum atomic E-state index is -0.825. The molecule has 6 nitrogen and oxygen atoms in total.